The number of nitrogens with two attached hydrogens (primary N) is 1. The Kier molecular flexibility index (Phi) is 3.78. The van der Waals surface area contributed by atoms with Gasteiger partial charge in [0.15, 0.2) is 0 Å². The Labute approximate surface area is 116 Å². The van der Waals surface area contributed by atoms with Crippen LogP contribution in [0.3, 0.4) is 0 Å². The molecule has 20 heavy (non-hydrogen) atoms. The van der Waals surface area contributed by atoms with Crippen molar-refractivity contribution in [3.8, 4) is 0 Å². The second-order valence-corrected chi connectivity index (χ2v) is 4.64. The third kappa shape index (κ3) is 2.38. The first-order valence-corrected chi connectivity index (χ1v) is 6.61. The summed E-state index contributed by atoms with van der Waals surface area (Å²) in [5, 5.41) is 4.31. The van der Waals surface area contributed by atoms with Crippen LogP contribution in [-0.2, 0) is 19.6 Å². The molecule has 0 radical (unpaired) electrons. The molecule has 0 fully saturated rings. The Bertz CT molecular complexity index is 738. The van der Waals surface area contributed by atoms with E-state index in [2.05, 4.69) is 5.10 Å². The third-order valence-electron chi connectivity index (χ3n) is 3.21. The zero-order valence-electron chi connectivity index (χ0n) is 12.0. The van der Waals surface area contributed by atoms with Gasteiger partial charge >= 0.3 is 5.69 Å². The van der Waals surface area contributed by atoms with Crippen LogP contribution in [0, 0.1) is 6.92 Å². The van der Waals surface area contributed by atoms with Gasteiger partial charge in [0.25, 0.3) is 5.56 Å². The monoisotopic (exact) mass is 277 g/mol. The van der Waals surface area contributed by atoms with Gasteiger partial charge in [-0.1, -0.05) is 0 Å². The van der Waals surface area contributed by atoms with Gasteiger partial charge in [0.1, 0.15) is 5.69 Å². The van der Waals surface area contributed by atoms with Crippen LogP contribution in [0.2, 0.25) is 0 Å². The van der Waals surface area contributed by atoms with E-state index < -0.39 is 5.56 Å². The molecule has 0 aliphatic carbocycles. The van der Waals surface area contributed by atoms with Crippen LogP contribution in [-0.4, -0.2) is 18.9 Å². The van der Waals surface area contributed by atoms with Crippen LogP contribution in [0.5, 0.6) is 0 Å². The smallest absolute Gasteiger partial charge is 0.331 e. The summed E-state index contributed by atoms with van der Waals surface area (Å²) in [6.07, 6.45) is 1.39. The predicted molar refractivity (Wildman–Crippen MR) is 76.8 cm³/mol. The third-order valence-corrected chi connectivity index (χ3v) is 3.21. The Morgan fingerprint density at radius 3 is 2.55 bits per heavy atom. The lowest BCUT2D eigenvalue weighted by Crippen LogP contribution is -2.41. The van der Waals surface area contributed by atoms with E-state index in [4.69, 9.17) is 5.73 Å². The standard InChI is InChI=1S/C13H19N5O2/c1-4-16-8-11(14)12(19)17(13(16)20)7-10-6-9(3)15-18(10)5-2/h6,8H,4-5,7,14H2,1-3H3. The van der Waals surface area contributed by atoms with Gasteiger partial charge in [0.2, 0.25) is 0 Å². The maximum Gasteiger partial charge on any atom is 0.331 e. The van der Waals surface area contributed by atoms with Crippen molar-refractivity contribution in [2.24, 2.45) is 0 Å². The molecule has 0 bridgehead atoms. The Morgan fingerprint density at radius 1 is 1.25 bits per heavy atom. The van der Waals surface area contributed by atoms with Crippen LogP contribution in [0.1, 0.15) is 25.2 Å². The van der Waals surface area contributed by atoms with Gasteiger partial charge in [-0.15, -0.1) is 0 Å². The van der Waals surface area contributed by atoms with Crippen molar-refractivity contribution < 1.29 is 0 Å². The molecule has 0 aromatic carbocycles. The number of anilines is 1. The second-order valence-electron chi connectivity index (χ2n) is 4.64. The number of nitrogens with zero attached hydrogens (tertiary/aromatic N) is 4. The molecule has 2 rings (SSSR count). The minimum Gasteiger partial charge on any atom is -0.393 e. The van der Waals surface area contributed by atoms with Gasteiger partial charge in [-0.25, -0.2) is 4.79 Å². The molecule has 2 aromatic rings. The maximum absolute atomic E-state index is 12.2. The zero-order chi connectivity index (χ0) is 14.9. The highest BCUT2D eigenvalue weighted by Gasteiger charge is 2.12. The maximum atomic E-state index is 12.2. The number of hydrogen-bond acceptors (Lipinski definition) is 4. The lowest BCUT2D eigenvalue weighted by molar-refractivity contribution is 0.556. The Balaban J connectivity index is 2.56. The van der Waals surface area contributed by atoms with E-state index in [0.29, 0.717) is 13.1 Å². The van der Waals surface area contributed by atoms with Crippen molar-refractivity contribution in [3.63, 3.8) is 0 Å². The first kappa shape index (κ1) is 14.1. The van der Waals surface area contributed by atoms with Crippen LogP contribution in [0.4, 0.5) is 5.69 Å². The predicted octanol–water partition coefficient (Wildman–Crippen LogP) is 0.185. The first-order valence-electron chi connectivity index (χ1n) is 6.61. The summed E-state index contributed by atoms with van der Waals surface area (Å²) in [6.45, 7) is 7.00. The van der Waals surface area contributed by atoms with E-state index >= 15 is 0 Å². The van der Waals surface area contributed by atoms with Crippen molar-refractivity contribution in [2.45, 2.75) is 40.4 Å². The van der Waals surface area contributed by atoms with Crippen molar-refractivity contribution in [3.05, 3.63) is 44.5 Å². The molecule has 0 saturated heterocycles. The largest absolute Gasteiger partial charge is 0.393 e. The van der Waals surface area contributed by atoms with Gasteiger partial charge in [-0.2, -0.15) is 5.10 Å². The van der Waals surface area contributed by atoms with Gasteiger partial charge in [0, 0.05) is 19.3 Å². The number of aryl methyl sites for hydroxylation is 3. The van der Waals surface area contributed by atoms with Gasteiger partial charge in [0.05, 0.1) is 17.9 Å². The fourth-order valence-corrected chi connectivity index (χ4v) is 2.20. The number of hydrogen-bond donors (Lipinski definition) is 1. The molecule has 0 atom stereocenters. The molecule has 2 N–H and O–H groups in total. The van der Waals surface area contributed by atoms with Gasteiger partial charge in [-0.3, -0.25) is 18.6 Å². The zero-order valence-corrected chi connectivity index (χ0v) is 12.0. The molecule has 2 aromatic heterocycles. The average Bonchev–Trinajstić information content (AvgIpc) is 2.79. The minimum absolute atomic E-state index is 0.0748. The fraction of sp³-hybridized carbons (Fsp3) is 0.462. The van der Waals surface area contributed by atoms with Crippen molar-refractivity contribution in [1.29, 1.82) is 0 Å². The van der Waals surface area contributed by atoms with Crippen molar-refractivity contribution in [1.82, 2.24) is 18.9 Å². The highest BCUT2D eigenvalue weighted by molar-refractivity contribution is 5.31. The molecule has 2 heterocycles. The summed E-state index contributed by atoms with van der Waals surface area (Å²) >= 11 is 0. The molecule has 0 aliphatic heterocycles. The number of aromatic nitrogens is 4. The highest BCUT2D eigenvalue weighted by Crippen LogP contribution is 2.04. The molecule has 7 heteroatoms. The van der Waals surface area contributed by atoms with Crippen molar-refractivity contribution >= 4 is 5.69 Å². The quantitative estimate of drug-likeness (QED) is 0.864. The molecule has 0 unspecified atom stereocenters. The summed E-state index contributed by atoms with van der Waals surface area (Å²) in [6, 6.07) is 1.87. The van der Waals surface area contributed by atoms with Crippen molar-refractivity contribution in [2.75, 3.05) is 5.73 Å². The summed E-state index contributed by atoms with van der Waals surface area (Å²) in [5.41, 5.74) is 6.62. The number of rotatable bonds is 4. The summed E-state index contributed by atoms with van der Waals surface area (Å²) < 4.78 is 4.36. The number of nitrogen functional groups attached to an aromatic ring is 1. The van der Waals surface area contributed by atoms with E-state index in [-0.39, 0.29) is 17.9 Å². The molecule has 0 saturated carbocycles. The van der Waals surface area contributed by atoms with Crippen LogP contribution in [0.25, 0.3) is 0 Å². The SMILES string of the molecule is CCn1nc(C)cc1Cn1c(=O)c(N)cn(CC)c1=O. The summed E-state index contributed by atoms with van der Waals surface area (Å²) in [4.78, 5) is 24.3. The summed E-state index contributed by atoms with van der Waals surface area (Å²) in [7, 11) is 0. The second kappa shape index (κ2) is 5.36. The molecule has 0 spiro atoms. The topological polar surface area (TPSA) is 87.8 Å². The molecular weight excluding hydrogens is 258 g/mol. The highest BCUT2D eigenvalue weighted by atomic mass is 16.2. The molecular formula is C13H19N5O2. The average molecular weight is 277 g/mol. The molecule has 0 amide bonds. The first-order chi connectivity index (χ1) is 9.47. The van der Waals surface area contributed by atoms with Gasteiger partial charge in [-0.05, 0) is 26.8 Å². The Morgan fingerprint density at radius 2 is 1.95 bits per heavy atom. The minimum atomic E-state index is -0.457. The molecule has 7 nitrogen and oxygen atoms in total. The molecule has 108 valence electrons. The van der Waals surface area contributed by atoms with E-state index in [1.165, 1.54) is 10.8 Å². The van der Waals surface area contributed by atoms with E-state index in [1.807, 2.05) is 26.8 Å². The lowest BCUT2D eigenvalue weighted by atomic mass is 10.3. The molecule has 0 aliphatic rings. The van der Waals surface area contributed by atoms with Crippen LogP contribution >= 0.6 is 0 Å². The fourth-order valence-electron chi connectivity index (χ4n) is 2.20. The van der Waals surface area contributed by atoms with E-state index in [1.54, 1.807) is 4.68 Å². The van der Waals surface area contributed by atoms with E-state index in [0.717, 1.165) is 16.0 Å². The van der Waals surface area contributed by atoms with Crippen LogP contribution < -0.4 is 17.0 Å². The Hall–Kier alpha value is -2.31. The summed E-state index contributed by atoms with van der Waals surface area (Å²) in [5.74, 6) is 0. The normalized spacial score (nSPS) is 10.9. The van der Waals surface area contributed by atoms with E-state index in [9.17, 15) is 9.59 Å². The van der Waals surface area contributed by atoms with Crippen LogP contribution in [0.15, 0.2) is 21.9 Å². The van der Waals surface area contributed by atoms with Gasteiger partial charge < -0.3 is 5.73 Å². The lowest BCUT2D eigenvalue weighted by Gasteiger charge is -2.10.